The summed E-state index contributed by atoms with van der Waals surface area (Å²) in [5, 5.41) is 11.4. The van der Waals surface area contributed by atoms with Gasteiger partial charge in [-0.05, 0) is 43.2 Å². The zero-order valence-corrected chi connectivity index (χ0v) is 22.0. The Labute approximate surface area is 230 Å². The fraction of sp³-hybridized carbons (Fsp3) is 0.333. The molecule has 1 aromatic heterocycles. The summed E-state index contributed by atoms with van der Waals surface area (Å²) in [5.74, 6) is -0.484. The molecule has 40 heavy (non-hydrogen) atoms. The molecule has 0 spiro atoms. The Morgan fingerprint density at radius 1 is 0.975 bits per heavy atom. The molecule has 4 aromatic rings. The highest BCUT2D eigenvalue weighted by Gasteiger charge is 2.36. The smallest absolute Gasteiger partial charge is 0.249 e. The van der Waals surface area contributed by atoms with Gasteiger partial charge in [-0.15, -0.1) is 5.10 Å². The standard InChI is InChI=1S/C30H30FN5O4/c31-23-11-5-4-10-22(23)29(30(38)32-20-8-2-1-3-9-20)36(21-14-15-26-27(18-21)40-17-16-39-26)28(37)19-35-25-13-7-6-12-24(25)33-34-35/h4-7,10-15,18,20,29H,1-3,8-9,16-17,19H2,(H,32,38). The first-order valence-electron chi connectivity index (χ1n) is 13.6. The Kier molecular flexibility index (Phi) is 7.31. The van der Waals surface area contributed by atoms with Gasteiger partial charge in [0.25, 0.3) is 0 Å². The van der Waals surface area contributed by atoms with Crippen molar-refractivity contribution in [2.24, 2.45) is 0 Å². The third-order valence-electron chi connectivity index (χ3n) is 7.44. The van der Waals surface area contributed by atoms with Crippen LogP contribution in [0.25, 0.3) is 11.0 Å². The number of nitrogens with one attached hydrogen (secondary N) is 1. The van der Waals surface area contributed by atoms with Crippen molar-refractivity contribution in [3.05, 3.63) is 78.1 Å². The molecule has 1 unspecified atom stereocenters. The molecule has 9 nitrogen and oxygen atoms in total. The quantitative estimate of drug-likeness (QED) is 0.367. The fourth-order valence-electron chi connectivity index (χ4n) is 5.48. The maximum atomic E-state index is 15.4. The summed E-state index contributed by atoms with van der Waals surface area (Å²) >= 11 is 0. The summed E-state index contributed by atoms with van der Waals surface area (Å²) in [6.45, 7) is 0.556. The number of hydrogen-bond donors (Lipinski definition) is 1. The maximum absolute atomic E-state index is 15.4. The van der Waals surface area contributed by atoms with Gasteiger partial charge in [0.1, 0.15) is 37.1 Å². The molecule has 2 amide bonds. The predicted octanol–water partition coefficient (Wildman–Crippen LogP) is 4.57. The number of aromatic nitrogens is 3. The number of carbonyl (C=O) groups is 2. The number of anilines is 1. The van der Waals surface area contributed by atoms with Crippen molar-refractivity contribution in [2.45, 2.75) is 50.7 Å². The highest BCUT2D eigenvalue weighted by Crippen LogP contribution is 2.38. The number of fused-ring (bicyclic) bond motifs is 2. The monoisotopic (exact) mass is 543 g/mol. The first-order chi connectivity index (χ1) is 19.6. The third-order valence-corrected chi connectivity index (χ3v) is 7.44. The number of halogens is 1. The molecule has 0 saturated heterocycles. The Hall–Kier alpha value is -4.47. The topological polar surface area (TPSA) is 98.6 Å². The van der Waals surface area contributed by atoms with E-state index in [1.54, 1.807) is 36.4 Å². The summed E-state index contributed by atoms with van der Waals surface area (Å²) in [6.07, 6.45) is 4.84. The van der Waals surface area contributed by atoms with Crippen LogP contribution in [0.5, 0.6) is 11.5 Å². The van der Waals surface area contributed by atoms with Crippen LogP contribution in [0.15, 0.2) is 66.7 Å². The Balaban J connectivity index is 1.44. The molecule has 3 aromatic carbocycles. The minimum atomic E-state index is -1.27. The van der Waals surface area contributed by atoms with Crippen LogP contribution in [0.2, 0.25) is 0 Å². The van der Waals surface area contributed by atoms with Gasteiger partial charge >= 0.3 is 0 Å². The number of hydrogen-bond acceptors (Lipinski definition) is 6. The summed E-state index contributed by atoms with van der Waals surface area (Å²) in [4.78, 5) is 29.6. The SMILES string of the molecule is O=C(NC1CCCCC1)C(c1ccccc1F)N(C(=O)Cn1nnc2ccccc21)c1ccc2c(c1)OCCO2. The highest BCUT2D eigenvalue weighted by molar-refractivity contribution is 6.02. The minimum absolute atomic E-state index is 0.0352. The van der Waals surface area contributed by atoms with E-state index in [0.717, 1.165) is 32.1 Å². The molecule has 1 aliphatic carbocycles. The van der Waals surface area contributed by atoms with E-state index in [1.807, 2.05) is 24.3 Å². The van der Waals surface area contributed by atoms with Crippen molar-refractivity contribution in [2.75, 3.05) is 18.1 Å². The van der Waals surface area contributed by atoms with Crippen LogP contribution in [0.4, 0.5) is 10.1 Å². The van der Waals surface area contributed by atoms with Crippen molar-refractivity contribution in [3.8, 4) is 11.5 Å². The number of benzene rings is 3. The molecular weight excluding hydrogens is 513 g/mol. The molecule has 10 heteroatoms. The molecule has 0 bridgehead atoms. The molecule has 1 atom stereocenters. The molecule has 1 saturated carbocycles. The Bertz CT molecular complexity index is 1530. The maximum Gasteiger partial charge on any atom is 0.249 e. The van der Waals surface area contributed by atoms with E-state index in [1.165, 1.54) is 15.6 Å². The van der Waals surface area contributed by atoms with Crippen molar-refractivity contribution in [1.82, 2.24) is 20.3 Å². The van der Waals surface area contributed by atoms with Gasteiger partial charge in [0.15, 0.2) is 11.5 Å². The first-order valence-corrected chi connectivity index (χ1v) is 13.6. The second-order valence-corrected chi connectivity index (χ2v) is 10.1. The molecule has 1 aliphatic heterocycles. The van der Waals surface area contributed by atoms with Crippen molar-refractivity contribution in [1.29, 1.82) is 0 Å². The first kappa shape index (κ1) is 25.8. The van der Waals surface area contributed by atoms with Crippen molar-refractivity contribution >= 4 is 28.5 Å². The summed E-state index contributed by atoms with van der Waals surface area (Å²) < 4.78 is 28.3. The van der Waals surface area contributed by atoms with Gasteiger partial charge in [-0.3, -0.25) is 14.5 Å². The van der Waals surface area contributed by atoms with Gasteiger partial charge in [0.2, 0.25) is 11.8 Å². The van der Waals surface area contributed by atoms with Gasteiger partial charge in [-0.25, -0.2) is 9.07 Å². The molecule has 6 rings (SSSR count). The second kappa shape index (κ2) is 11.3. The predicted molar refractivity (Wildman–Crippen MR) is 147 cm³/mol. The molecule has 1 fully saturated rings. The van der Waals surface area contributed by atoms with Crippen molar-refractivity contribution < 1.29 is 23.5 Å². The van der Waals surface area contributed by atoms with E-state index >= 15 is 4.39 Å². The lowest BCUT2D eigenvalue weighted by molar-refractivity contribution is -0.127. The minimum Gasteiger partial charge on any atom is -0.486 e. The zero-order valence-electron chi connectivity index (χ0n) is 22.0. The normalized spacial score (nSPS) is 15.9. The van der Waals surface area contributed by atoms with E-state index in [0.29, 0.717) is 41.4 Å². The van der Waals surface area contributed by atoms with Gasteiger partial charge < -0.3 is 14.8 Å². The number of rotatable bonds is 7. The van der Waals surface area contributed by atoms with E-state index < -0.39 is 23.7 Å². The van der Waals surface area contributed by atoms with Crippen LogP contribution in [-0.4, -0.2) is 46.1 Å². The molecule has 0 radical (unpaired) electrons. The average molecular weight is 544 g/mol. The van der Waals surface area contributed by atoms with E-state index in [2.05, 4.69) is 15.6 Å². The van der Waals surface area contributed by atoms with Crippen LogP contribution < -0.4 is 19.7 Å². The lowest BCUT2D eigenvalue weighted by Crippen LogP contribution is -2.48. The molecule has 206 valence electrons. The van der Waals surface area contributed by atoms with E-state index in [9.17, 15) is 9.59 Å². The van der Waals surface area contributed by atoms with Gasteiger partial charge in [0, 0.05) is 23.4 Å². The van der Waals surface area contributed by atoms with E-state index in [-0.39, 0.29) is 18.2 Å². The number of nitrogens with zero attached hydrogens (tertiary/aromatic N) is 4. The number of ether oxygens (including phenoxy) is 2. The number of carbonyl (C=O) groups excluding carboxylic acids is 2. The third kappa shape index (κ3) is 5.21. The number of para-hydroxylation sites is 1. The second-order valence-electron chi connectivity index (χ2n) is 10.1. The summed E-state index contributed by atoms with van der Waals surface area (Å²) in [5.41, 5.74) is 1.79. The highest BCUT2D eigenvalue weighted by atomic mass is 19.1. The van der Waals surface area contributed by atoms with Crippen LogP contribution >= 0.6 is 0 Å². The van der Waals surface area contributed by atoms with Gasteiger partial charge in [-0.1, -0.05) is 54.8 Å². The van der Waals surface area contributed by atoms with Crippen LogP contribution in [-0.2, 0) is 16.1 Å². The van der Waals surface area contributed by atoms with Crippen LogP contribution in [0.1, 0.15) is 43.7 Å². The zero-order chi connectivity index (χ0) is 27.5. The summed E-state index contributed by atoms with van der Waals surface area (Å²) in [7, 11) is 0. The fourth-order valence-corrected chi connectivity index (χ4v) is 5.48. The number of amides is 2. The van der Waals surface area contributed by atoms with Gasteiger partial charge in [-0.2, -0.15) is 0 Å². The summed E-state index contributed by atoms with van der Waals surface area (Å²) in [6, 6.07) is 17.1. The van der Waals surface area contributed by atoms with Crippen molar-refractivity contribution in [3.63, 3.8) is 0 Å². The molecule has 2 aliphatic rings. The lowest BCUT2D eigenvalue weighted by Gasteiger charge is -2.34. The van der Waals surface area contributed by atoms with E-state index in [4.69, 9.17) is 9.47 Å². The Morgan fingerprint density at radius 2 is 1.73 bits per heavy atom. The molecule has 2 heterocycles. The Morgan fingerprint density at radius 3 is 2.55 bits per heavy atom. The van der Waals surface area contributed by atoms with Gasteiger partial charge in [0.05, 0.1) is 5.52 Å². The molecular formula is C30H30FN5O4. The largest absolute Gasteiger partial charge is 0.486 e. The lowest BCUT2D eigenvalue weighted by atomic mass is 9.94. The molecule has 1 N–H and O–H groups in total. The average Bonchev–Trinajstić information content (AvgIpc) is 3.39. The van der Waals surface area contributed by atoms with Crippen LogP contribution in [0.3, 0.4) is 0 Å². The van der Waals surface area contributed by atoms with Crippen LogP contribution in [0, 0.1) is 5.82 Å².